The van der Waals surface area contributed by atoms with Gasteiger partial charge >= 0.3 is 5.97 Å². The minimum atomic E-state index is -0.994. The van der Waals surface area contributed by atoms with Crippen LogP contribution in [0.2, 0.25) is 0 Å². The molecule has 0 heterocycles. The van der Waals surface area contributed by atoms with Crippen molar-refractivity contribution >= 4 is 23.3 Å². The summed E-state index contributed by atoms with van der Waals surface area (Å²) in [6.07, 6.45) is 3.09. The van der Waals surface area contributed by atoms with Gasteiger partial charge < -0.3 is 23.7 Å². The summed E-state index contributed by atoms with van der Waals surface area (Å²) in [6.45, 7) is 0. The maximum Gasteiger partial charge on any atom is 0.363 e. The molecule has 0 aliphatic heterocycles. The second-order valence-corrected chi connectivity index (χ2v) is 10.5. The lowest BCUT2D eigenvalue weighted by Gasteiger charge is -2.16. The molecule has 11 heteroatoms. The first kappa shape index (κ1) is 36.8. The molecule has 3 unspecified atom stereocenters. The van der Waals surface area contributed by atoms with Gasteiger partial charge in [-0.3, -0.25) is 14.4 Å². The first-order chi connectivity index (χ1) is 21.1. The van der Waals surface area contributed by atoms with Crippen LogP contribution in [0.3, 0.4) is 0 Å². The summed E-state index contributed by atoms with van der Waals surface area (Å²) in [6, 6.07) is 12.7. The van der Waals surface area contributed by atoms with Crippen molar-refractivity contribution in [2.24, 2.45) is 17.8 Å². The van der Waals surface area contributed by atoms with Crippen LogP contribution < -0.4 is 0 Å². The zero-order chi connectivity index (χ0) is 32.6. The van der Waals surface area contributed by atoms with Crippen LogP contribution in [-0.4, -0.2) is 71.4 Å². The number of hydrogen-bond donors (Lipinski definition) is 0. The maximum atomic E-state index is 13.2. The van der Waals surface area contributed by atoms with E-state index in [-0.39, 0.29) is 35.0 Å². The molecule has 0 spiro atoms. The number of halogens is 2. The number of esters is 1. The van der Waals surface area contributed by atoms with Crippen molar-refractivity contribution in [3.8, 4) is 0 Å². The van der Waals surface area contributed by atoms with Gasteiger partial charge in [-0.15, -0.1) is 0 Å². The fourth-order valence-electron chi connectivity index (χ4n) is 5.30. The van der Waals surface area contributed by atoms with E-state index in [0.717, 1.165) is 24.0 Å². The first-order valence-corrected chi connectivity index (χ1v) is 14.4. The van der Waals surface area contributed by atoms with Crippen molar-refractivity contribution in [1.29, 1.82) is 0 Å². The van der Waals surface area contributed by atoms with Crippen LogP contribution in [-0.2, 0) is 55.7 Å². The van der Waals surface area contributed by atoms with E-state index in [9.17, 15) is 28.0 Å². The summed E-state index contributed by atoms with van der Waals surface area (Å²) in [5.41, 5.74) is 1.71. The second-order valence-electron chi connectivity index (χ2n) is 10.5. The van der Waals surface area contributed by atoms with Gasteiger partial charge in [-0.25, -0.2) is 13.6 Å². The molecular formula is C33H42F2O9. The monoisotopic (exact) mass is 620 g/mol. The molecule has 0 radical (unpaired) electrons. The number of hydrogen-bond acceptors (Lipinski definition) is 9. The normalized spacial score (nSPS) is 19.3. The summed E-state index contributed by atoms with van der Waals surface area (Å²) in [4.78, 5) is 46.4. The van der Waals surface area contributed by atoms with Crippen molar-refractivity contribution in [1.82, 2.24) is 0 Å². The summed E-state index contributed by atoms with van der Waals surface area (Å²) in [5.74, 6) is -1.91. The highest BCUT2D eigenvalue weighted by Crippen LogP contribution is 2.32. The Labute approximate surface area is 257 Å². The highest BCUT2D eigenvalue weighted by molar-refractivity contribution is 6.06. The average molecular weight is 621 g/mol. The predicted octanol–water partition coefficient (Wildman–Crippen LogP) is 4.67. The molecule has 0 amide bonds. The number of methoxy groups -OCH3 is 5. The Morgan fingerprint density at radius 3 is 1.68 bits per heavy atom. The predicted molar refractivity (Wildman–Crippen MR) is 156 cm³/mol. The largest absolute Gasteiger partial charge is 0.465 e. The Bertz CT molecular complexity index is 1230. The molecule has 0 aromatic heterocycles. The molecule has 3 atom stereocenters. The lowest BCUT2D eigenvalue weighted by atomic mass is 9.93. The fraction of sp³-hybridized carbons (Fsp3) is 0.515. The highest BCUT2D eigenvalue weighted by Gasteiger charge is 2.41. The van der Waals surface area contributed by atoms with Gasteiger partial charge in [0, 0.05) is 46.7 Å². The van der Waals surface area contributed by atoms with Gasteiger partial charge in [-0.1, -0.05) is 24.3 Å². The van der Waals surface area contributed by atoms with Crippen LogP contribution in [0.4, 0.5) is 8.78 Å². The molecular weight excluding hydrogens is 578 g/mol. The van der Waals surface area contributed by atoms with Gasteiger partial charge in [0.25, 0.3) is 6.29 Å². The molecule has 242 valence electrons. The van der Waals surface area contributed by atoms with Crippen molar-refractivity contribution < 1.29 is 51.6 Å². The van der Waals surface area contributed by atoms with E-state index in [2.05, 4.69) is 14.2 Å². The zero-order valence-electron chi connectivity index (χ0n) is 25.9. The van der Waals surface area contributed by atoms with Gasteiger partial charge in [0.2, 0.25) is 6.29 Å². The van der Waals surface area contributed by atoms with E-state index in [4.69, 9.17) is 9.47 Å². The summed E-state index contributed by atoms with van der Waals surface area (Å²) >= 11 is 0. The summed E-state index contributed by atoms with van der Waals surface area (Å²) in [7, 11) is 6.75. The van der Waals surface area contributed by atoms with Gasteiger partial charge in [-0.2, -0.15) is 0 Å². The molecule has 4 rings (SSSR count). The highest BCUT2D eigenvalue weighted by atomic mass is 19.1. The van der Waals surface area contributed by atoms with Crippen LogP contribution in [0.25, 0.3) is 0 Å². The quantitative estimate of drug-likeness (QED) is 0.201. The number of benzene rings is 2. The fourth-order valence-corrected chi connectivity index (χ4v) is 5.30. The lowest BCUT2D eigenvalue weighted by molar-refractivity contribution is -0.180. The number of carbonyl (C=O) groups is 4. The minimum absolute atomic E-state index is 0.0941. The number of rotatable bonds is 11. The Kier molecular flexibility index (Phi) is 16.0. The van der Waals surface area contributed by atoms with Crippen LogP contribution in [0.1, 0.15) is 43.2 Å². The molecule has 2 aromatic carbocycles. The zero-order valence-corrected chi connectivity index (χ0v) is 25.9. The SMILES string of the molecule is COC(=O)C(OC)OC.COC(OC)C(=O)C1CCC(Cc2cccc(F)c2)C1=O.O=C1CCCC1Cc1cccc(F)c1. The molecule has 0 saturated heterocycles. The van der Waals surface area contributed by atoms with Crippen LogP contribution in [0, 0.1) is 29.4 Å². The Hall–Kier alpha value is -3.38. The standard InChI is InChI=1S/C16H19FO4.C12H13FO.C5H10O4/c1-20-16(21-2)15(19)13-7-6-11(14(13)18)8-10-4-3-5-12(17)9-10;13-11-5-1-3-9(8-11)7-10-4-2-6-12(10)14;1-7-4(6)5(8-2)9-3/h3-5,9,11,13,16H,6-8H2,1-2H3;1,3,5,8,10H,2,4,6-7H2;5H,1-3H3. The van der Waals surface area contributed by atoms with E-state index in [1.54, 1.807) is 18.2 Å². The Balaban J connectivity index is 0.000000253. The van der Waals surface area contributed by atoms with Gasteiger partial charge in [0.05, 0.1) is 13.0 Å². The van der Waals surface area contributed by atoms with Crippen molar-refractivity contribution in [3.63, 3.8) is 0 Å². The van der Waals surface area contributed by atoms with Gasteiger partial charge in [-0.05, 0) is 73.9 Å². The molecule has 2 saturated carbocycles. The lowest BCUT2D eigenvalue weighted by Crippen LogP contribution is -2.34. The molecule has 2 aliphatic carbocycles. The molecule has 0 N–H and O–H groups in total. The van der Waals surface area contributed by atoms with E-state index in [1.165, 1.54) is 59.8 Å². The maximum absolute atomic E-state index is 13.2. The van der Waals surface area contributed by atoms with Crippen LogP contribution >= 0.6 is 0 Å². The average Bonchev–Trinajstić information content (AvgIpc) is 3.58. The van der Waals surface area contributed by atoms with E-state index in [0.29, 0.717) is 37.9 Å². The number of ketones is 3. The molecule has 2 fully saturated rings. The summed E-state index contributed by atoms with van der Waals surface area (Å²) < 4.78 is 49.3. The van der Waals surface area contributed by atoms with Crippen molar-refractivity contribution in [2.75, 3.05) is 35.5 Å². The Morgan fingerprint density at radius 1 is 0.750 bits per heavy atom. The van der Waals surface area contributed by atoms with Gasteiger partial charge in [0.15, 0.2) is 5.78 Å². The third kappa shape index (κ3) is 11.3. The molecule has 2 aliphatic rings. The topological polar surface area (TPSA) is 114 Å². The van der Waals surface area contributed by atoms with E-state index >= 15 is 0 Å². The Morgan fingerprint density at radius 2 is 1.27 bits per heavy atom. The van der Waals surface area contributed by atoms with E-state index < -0.39 is 24.5 Å². The smallest absolute Gasteiger partial charge is 0.363 e. The molecule has 2 aromatic rings. The number of Topliss-reactive ketones (excluding diaryl/α,β-unsaturated/α-hetero) is 3. The number of ether oxygens (including phenoxy) is 5. The van der Waals surface area contributed by atoms with Crippen LogP contribution in [0.5, 0.6) is 0 Å². The minimum Gasteiger partial charge on any atom is -0.465 e. The van der Waals surface area contributed by atoms with Crippen molar-refractivity contribution in [2.45, 2.75) is 57.5 Å². The third-order valence-corrected chi connectivity index (χ3v) is 7.55. The molecule has 44 heavy (non-hydrogen) atoms. The second kappa shape index (κ2) is 19.1. The summed E-state index contributed by atoms with van der Waals surface area (Å²) in [5, 5.41) is 0. The molecule has 9 nitrogen and oxygen atoms in total. The third-order valence-electron chi connectivity index (χ3n) is 7.55. The van der Waals surface area contributed by atoms with Gasteiger partial charge in [0.1, 0.15) is 23.2 Å². The van der Waals surface area contributed by atoms with Crippen molar-refractivity contribution in [3.05, 3.63) is 71.3 Å². The molecule has 0 bridgehead atoms. The first-order valence-electron chi connectivity index (χ1n) is 14.4. The van der Waals surface area contributed by atoms with Crippen LogP contribution in [0.15, 0.2) is 48.5 Å². The number of carbonyl (C=O) groups excluding carboxylic acids is 4. The van der Waals surface area contributed by atoms with E-state index in [1.807, 2.05) is 6.07 Å².